The van der Waals surface area contributed by atoms with Gasteiger partial charge in [-0.25, -0.2) is 9.97 Å². The zero-order valence-electron chi connectivity index (χ0n) is 14.9. The van der Waals surface area contributed by atoms with Crippen LogP contribution in [0.4, 0.5) is 0 Å². The van der Waals surface area contributed by atoms with E-state index in [0.717, 1.165) is 36.8 Å². The molecule has 0 aromatic carbocycles. The third kappa shape index (κ3) is 3.70. The predicted octanol–water partition coefficient (Wildman–Crippen LogP) is 1.43. The van der Waals surface area contributed by atoms with Crippen LogP contribution in [0, 0.1) is 0 Å². The highest BCUT2D eigenvalue weighted by molar-refractivity contribution is 5.81. The van der Waals surface area contributed by atoms with Crippen molar-refractivity contribution in [1.29, 1.82) is 0 Å². The molecule has 2 fully saturated rings. The van der Waals surface area contributed by atoms with Crippen molar-refractivity contribution in [3.05, 3.63) is 24.8 Å². The first-order valence-electron chi connectivity index (χ1n) is 9.07. The smallest absolute Gasteiger partial charge is 0.316 e. The van der Waals surface area contributed by atoms with Gasteiger partial charge >= 0.3 is 6.01 Å². The number of amides is 1. The molecule has 8 nitrogen and oxygen atoms in total. The van der Waals surface area contributed by atoms with E-state index in [-0.39, 0.29) is 18.1 Å². The Bertz CT molecular complexity index is 746. The fraction of sp³-hybridized carbons (Fsp3) is 0.556. The third-order valence-corrected chi connectivity index (χ3v) is 4.90. The summed E-state index contributed by atoms with van der Waals surface area (Å²) in [7, 11) is 1.87. The number of carbonyl (C=O) groups excluding carboxylic acids is 1. The molecule has 2 aromatic heterocycles. The Hall–Kier alpha value is -2.48. The molecule has 0 radical (unpaired) electrons. The average molecular weight is 357 g/mol. The quantitative estimate of drug-likeness (QED) is 0.823. The van der Waals surface area contributed by atoms with E-state index in [1.165, 1.54) is 0 Å². The number of carbonyl (C=O) groups is 1. The lowest BCUT2D eigenvalue weighted by Crippen LogP contribution is -2.46. The van der Waals surface area contributed by atoms with Gasteiger partial charge in [-0.05, 0) is 12.8 Å². The maximum atomic E-state index is 12.4. The first-order chi connectivity index (χ1) is 12.7. The van der Waals surface area contributed by atoms with E-state index in [9.17, 15) is 4.79 Å². The van der Waals surface area contributed by atoms with Gasteiger partial charge in [-0.1, -0.05) is 0 Å². The van der Waals surface area contributed by atoms with Gasteiger partial charge in [0.05, 0.1) is 6.20 Å². The molecular formula is C18H23N5O3. The number of aryl methyl sites for hydroxylation is 1. The van der Waals surface area contributed by atoms with E-state index in [0.29, 0.717) is 25.7 Å². The highest BCUT2D eigenvalue weighted by atomic mass is 16.5. The van der Waals surface area contributed by atoms with E-state index in [2.05, 4.69) is 15.1 Å². The number of ether oxygens (including phenoxy) is 2. The van der Waals surface area contributed by atoms with Crippen LogP contribution >= 0.6 is 0 Å². The Morgan fingerprint density at radius 2 is 1.92 bits per heavy atom. The van der Waals surface area contributed by atoms with Crippen molar-refractivity contribution in [2.24, 2.45) is 7.05 Å². The van der Waals surface area contributed by atoms with Gasteiger partial charge < -0.3 is 14.4 Å². The van der Waals surface area contributed by atoms with Crippen LogP contribution in [0.25, 0.3) is 11.1 Å². The van der Waals surface area contributed by atoms with Crippen molar-refractivity contribution in [2.45, 2.75) is 37.9 Å². The minimum absolute atomic E-state index is 0.0350. The lowest BCUT2D eigenvalue weighted by atomic mass is 10.1. The molecule has 138 valence electrons. The molecule has 0 bridgehead atoms. The molecule has 0 saturated carbocycles. The van der Waals surface area contributed by atoms with Crippen LogP contribution in [0.2, 0.25) is 0 Å². The minimum atomic E-state index is -0.240. The van der Waals surface area contributed by atoms with E-state index in [1.54, 1.807) is 23.3 Å². The number of aromatic nitrogens is 4. The van der Waals surface area contributed by atoms with Gasteiger partial charge in [0, 0.05) is 69.3 Å². The van der Waals surface area contributed by atoms with Gasteiger partial charge in [0.25, 0.3) is 5.91 Å². The summed E-state index contributed by atoms with van der Waals surface area (Å²) in [4.78, 5) is 22.9. The molecule has 0 spiro atoms. The third-order valence-electron chi connectivity index (χ3n) is 4.90. The summed E-state index contributed by atoms with van der Waals surface area (Å²) in [6.07, 6.45) is 10.4. The van der Waals surface area contributed by atoms with Crippen molar-refractivity contribution in [3.63, 3.8) is 0 Å². The standard InChI is InChI=1S/C18H23N5O3/c1-22-12-14(11-21-22)13-9-19-18(20-10-13)26-15-4-6-23(7-5-15)17(24)16-3-2-8-25-16/h9-12,15-16H,2-8H2,1H3. The number of likely N-dealkylation sites (tertiary alicyclic amines) is 1. The van der Waals surface area contributed by atoms with Gasteiger partial charge in [-0.2, -0.15) is 5.10 Å². The topological polar surface area (TPSA) is 82.4 Å². The van der Waals surface area contributed by atoms with Crippen molar-refractivity contribution in [2.75, 3.05) is 19.7 Å². The molecule has 1 atom stereocenters. The summed E-state index contributed by atoms with van der Waals surface area (Å²) >= 11 is 0. The summed E-state index contributed by atoms with van der Waals surface area (Å²) in [5.74, 6) is 0.123. The number of rotatable bonds is 4. The molecule has 0 aliphatic carbocycles. The van der Waals surface area contributed by atoms with E-state index < -0.39 is 0 Å². The Kier molecular flexibility index (Phi) is 4.83. The second-order valence-corrected chi connectivity index (χ2v) is 6.80. The molecule has 2 aromatic rings. The van der Waals surface area contributed by atoms with Crippen LogP contribution in [-0.2, 0) is 16.6 Å². The summed E-state index contributed by atoms with van der Waals surface area (Å²) < 4.78 is 13.1. The average Bonchev–Trinajstić information content (AvgIpc) is 3.34. The first-order valence-corrected chi connectivity index (χ1v) is 9.07. The Morgan fingerprint density at radius 1 is 1.15 bits per heavy atom. The molecule has 2 saturated heterocycles. The first kappa shape index (κ1) is 17.0. The van der Waals surface area contributed by atoms with Crippen molar-refractivity contribution in [1.82, 2.24) is 24.6 Å². The Labute approximate surface area is 152 Å². The summed E-state index contributed by atoms with van der Waals surface area (Å²) in [6.45, 7) is 2.08. The molecule has 1 unspecified atom stereocenters. The second kappa shape index (κ2) is 7.41. The summed E-state index contributed by atoms with van der Waals surface area (Å²) in [5, 5.41) is 4.15. The van der Waals surface area contributed by atoms with Crippen molar-refractivity contribution < 1.29 is 14.3 Å². The molecule has 4 heterocycles. The zero-order chi connectivity index (χ0) is 17.9. The maximum absolute atomic E-state index is 12.4. The van der Waals surface area contributed by atoms with Crippen LogP contribution in [0.15, 0.2) is 24.8 Å². The summed E-state index contributed by atoms with van der Waals surface area (Å²) in [6, 6.07) is 0.376. The molecular weight excluding hydrogens is 334 g/mol. The van der Waals surface area contributed by atoms with Crippen LogP contribution in [0.5, 0.6) is 6.01 Å². The normalized spacial score (nSPS) is 21.1. The number of nitrogens with zero attached hydrogens (tertiary/aromatic N) is 5. The van der Waals surface area contributed by atoms with Crippen molar-refractivity contribution >= 4 is 5.91 Å². The molecule has 1 amide bonds. The molecule has 26 heavy (non-hydrogen) atoms. The zero-order valence-corrected chi connectivity index (χ0v) is 14.9. The highest BCUT2D eigenvalue weighted by Crippen LogP contribution is 2.21. The van der Waals surface area contributed by atoms with E-state index >= 15 is 0 Å². The summed E-state index contributed by atoms with van der Waals surface area (Å²) in [5.41, 5.74) is 1.88. The minimum Gasteiger partial charge on any atom is -0.460 e. The van der Waals surface area contributed by atoms with Gasteiger partial charge in [0.2, 0.25) is 0 Å². The monoisotopic (exact) mass is 357 g/mol. The van der Waals surface area contributed by atoms with Crippen LogP contribution in [-0.4, -0.2) is 62.5 Å². The van der Waals surface area contributed by atoms with E-state index in [1.807, 2.05) is 18.1 Å². The maximum Gasteiger partial charge on any atom is 0.316 e. The molecule has 2 aliphatic heterocycles. The predicted molar refractivity (Wildman–Crippen MR) is 93.4 cm³/mol. The Morgan fingerprint density at radius 3 is 2.54 bits per heavy atom. The largest absolute Gasteiger partial charge is 0.460 e. The van der Waals surface area contributed by atoms with Crippen LogP contribution < -0.4 is 4.74 Å². The molecule has 0 N–H and O–H groups in total. The molecule has 4 rings (SSSR count). The van der Waals surface area contributed by atoms with Gasteiger partial charge in [0.15, 0.2) is 0 Å². The fourth-order valence-corrected chi connectivity index (χ4v) is 3.42. The number of hydrogen-bond donors (Lipinski definition) is 0. The van der Waals surface area contributed by atoms with E-state index in [4.69, 9.17) is 9.47 Å². The van der Waals surface area contributed by atoms with Gasteiger partial charge in [-0.3, -0.25) is 9.48 Å². The SMILES string of the molecule is Cn1cc(-c2cnc(OC3CCN(C(=O)C4CCCO4)CC3)nc2)cn1. The van der Waals surface area contributed by atoms with Crippen LogP contribution in [0.3, 0.4) is 0 Å². The Balaban J connectivity index is 1.29. The lowest BCUT2D eigenvalue weighted by molar-refractivity contribution is -0.142. The highest BCUT2D eigenvalue weighted by Gasteiger charge is 2.31. The number of hydrogen-bond acceptors (Lipinski definition) is 6. The molecule has 2 aliphatic rings. The van der Waals surface area contributed by atoms with Gasteiger partial charge in [0.1, 0.15) is 12.2 Å². The second-order valence-electron chi connectivity index (χ2n) is 6.80. The lowest BCUT2D eigenvalue weighted by Gasteiger charge is -2.32. The number of piperidine rings is 1. The molecule has 8 heteroatoms. The van der Waals surface area contributed by atoms with Gasteiger partial charge in [-0.15, -0.1) is 0 Å². The fourth-order valence-electron chi connectivity index (χ4n) is 3.42. The van der Waals surface area contributed by atoms with Crippen molar-refractivity contribution in [3.8, 4) is 17.1 Å². The van der Waals surface area contributed by atoms with Crippen LogP contribution in [0.1, 0.15) is 25.7 Å².